The fraction of sp³-hybridized carbons (Fsp3) is 0.348. The largest absolute Gasteiger partial charge is 0.465 e. The number of benzene rings is 2. The van der Waals surface area contributed by atoms with E-state index in [2.05, 4.69) is 31.0 Å². The topological polar surface area (TPSA) is 60.7 Å². The molecule has 3 rings (SSSR count). The van der Waals surface area contributed by atoms with E-state index in [-0.39, 0.29) is 18.4 Å². The van der Waals surface area contributed by atoms with Crippen LogP contribution in [0, 0.1) is 13.8 Å². The fourth-order valence-electron chi connectivity index (χ4n) is 3.05. The van der Waals surface area contributed by atoms with Gasteiger partial charge in [-0.05, 0) is 67.6 Å². The number of aryl methyl sites for hydroxylation is 2. The SMILES string of the molecule is CCOC(=O)Cn1c(=NC(=O)c2ccc(C)c(C)c2)sc2cc(C(C)C)ccc21. The lowest BCUT2D eigenvalue weighted by Gasteiger charge is -2.07. The minimum atomic E-state index is -0.347. The molecule has 0 aliphatic heterocycles. The Kier molecular flexibility index (Phi) is 6.33. The molecule has 0 saturated heterocycles. The van der Waals surface area contributed by atoms with E-state index in [9.17, 15) is 9.59 Å². The molecule has 0 aliphatic rings. The van der Waals surface area contributed by atoms with Gasteiger partial charge < -0.3 is 9.30 Å². The Hall–Kier alpha value is -2.73. The molecule has 1 heterocycles. The Morgan fingerprint density at radius 3 is 2.52 bits per heavy atom. The molecule has 6 heteroatoms. The van der Waals surface area contributed by atoms with Crippen molar-refractivity contribution >= 4 is 33.4 Å². The molecule has 0 bridgehead atoms. The highest BCUT2D eigenvalue weighted by Crippen LogP contribution is 2.24. The maximum absolute atomic E-state index is 12.8. The maximum atomic E-state index is 12.8. The van der Waals surface area contributed by atoms with Crippen molar-refractivity contribution in [3.63, 3.8) is 0 Å². The number of ether oxygens (including phenoxy) is 1. The van der Waals surface area contributed by atoms with E-state index in [1.54, 1.807) is 17.6 Å². The first-order chi connectivity index (χ1) is 13.8. The van der Waals surface area contributed by atoms with Crippen LogP contribution < -0.4 is 4.80 Å². The van der Waals surface area contributed by atoms with Crippen LogP contribution in [0.5, 0.6) is 0 Å². The van der Waals surface area contributed by atoms with Gasteiger partial charge in [0.1, 0.15) is 6.54 Å². The molecular weight excluding hydrogens is 384 g/mol. The van der Waals surface area contributed by atoms with Gasteiger partial charge in [0.15, 0.2) is 4.80 Å². The number of rotatable bonds is 5. The van der Waals surface area contributed by atoms with Crippen LogP contribution in [0.1, 0.15) is 53.7 Å². The third-order valence-corrected chi connectivity index (χ3v) is 5.96. The van der Waals surface area contributed by atoms with Gasteiger partial charge in [0.2, 0.25) is 0 Å². The molecule has 3 aromatic rings. The summed E-state index contributed by atoms with van der Waals surface area (Å²) in [5.41, 5.74) is 4.79. The van der Waals surface area contributed by atoms with Gasteiger partial charge in [-0.3, -0.25) is 9.59 Å². The van der Waals surface area contributed by atoms with Gasteiger partial charge in [-0.25, -0.2) is 0 Å². The lowest BCUT2D eigenvalue weighted by molar-refractivity contribution is -0.143. The standard InChI is InChI=1S/C23H26N2O3S/c1-6-28-21(26)13-25-19-10-9-17(14(2)3)12-20(19)29-23(25)24-22(27)18-8-7-15(4)16(5)11-18/h7-12,14H,6,13H2,1-5H3. The summed E-state index contributed by atoms with van der Waals surface area (Å²) in [6.07, 6.45) is 0. The third kappa shape index (κ3) is 4.65. The molecule has 2 aromatic carbocycles. The summed E-state index contributed by atoms with van der Waals surface area (Å²) >= 11 is 1.41. The zero-order valence-electron chi connectivity index (χ0n) is 17.5. The lowest BCUT2D eigenvalue weighted by atomic mass is 10.0. The number of fused-ring (bicyclic) bond motifs is 1. The van der Waals surface area contributed by atoms with Crippen molar-refractivity contribution in [3.05, 3.63) is 63.5 Å². The average molecular weight is 411 g/mol. The molecule has 0 spiro atoms. The number of nitrogens with zero attached hydrogens (tertiary/aromatic N) is 2. The molecule has 0 atom stereocenters. The van der Waals surface area contributed by atoms with Gasteiger partial charge in [-0.1, -0.05) is 37.3 Å². The molecule has 152 valence electrons. The molecule has 29 heavy (non-hydrogen) atoms. The Balaban J connectivity index is 2.12. The molecule has 5 nitrogen and oxygen atoms in total. The molecule has 0 saturated carbocycles. The first kappa shape index (κ1) is 21.0. The summed E-state index contributed by atoms with van der Waals surface area (Å²) in [5.74, 6) is -0.279. The van der Waals surface area contributed by atoms with Crippen molar-refractivity contribution in [2.75, 3.05) is 6.61 Å². The molecule has 0 aliphatic carbocycles. The number of carbonyl (C=O) groups is 2. The van der Waals surface area contributed by atoms with Crippen molar-refractivity contribution in [1.82, 2.24) is 4.57 Å². The van der Waals surface area contributed by atoms with E-state index >= 15 is 0 Å². The van der Waals surface area contributed by atoms with Crippen LogP contribution in [-0.4, -0.2) is 23.1 Å². The molecule has 0 unspecified atom stereocenters. The second kappa shape index (κ2) is 8.74. The summed E-state index contributed by atoms with van der Waals surface area (Å²) < 4.78 is 7.88. The maximum Gasteiger partial charge on any atom is 0.326 e. The van der Waals surface area contributed by atoms with Crippen LogP contribution in [0.4, 0.5) is 0 Å². The number of amides is 1. The zero-order valence-corrected chi connectivity index (χ0v) is 18.3. The first-order valence-electron chi connectivity index (χ1n) is 9.75. The summed E-state index contributed by atoms with van der Waals surface area (Å²) in [6.45, 7) is 10.4. The van der Waals surface area contributed by atoms with Crippen LogP contribution >= 0.6 is 11.3 Å². The summed E-state index contributed by atoms with van der Waals surface area (Å²) in [4.78, 5) is 29.8. The number of hydrogen-bond acceptors (Lipinski definition) is 4. The van der Waals surface area contributed by atoms with E-state index < -0.39 is 0 Å². The van der Waals surface area contributed by atoms with Gasteiger partial charge in [-0.2, -0.15) is 4.99 Å². The van der Waals surface area contributed by atoms with E-state index in [0.29, 0.717) is 22.9 Å². The van der Waals surface area contributed by atoms with Crippen molar-refractivity contribution in [1.29, 1.82) is 0 Å². The van der Waals surface area contributed by atoms with E-state index in [4.69, 9.17) is 4.74 Å². The zero-order chi connectivity index (χ0) is 21.1. The molecule has 0 fully saturated rings. The second-order valence-electron chi connectivity index (χ2n) is 7.37. The monoisotopic (exact) mass is 410 g/mol. The molecular formula is C23H26N2O3S. The lowest BCUT2D eigenvalue weighted by Crippen LogP contribution is -2.23. The van der Waals surface area contributed by atoms with E-state index in [0.717, 1.165) is 21.3 Å². The Morgan fingerprint density at radius 2 is 1.86 bits per heavy atom. The normalized spacial score (nSPS) is 12.0. The molecule has 1 amide bonds. The number of aromatic nitrogens is 1. The summed E-state index contributed by atoms with van der Waals surface area (Å²) in [6, 6.07) is 11.7. The van der Waals surface area contributed by atoms with E-state index in [1.807, 2.05) is 32.0 Å². The fourth-order valence-corrected chi connectivity index (χ4v) is 4.12. The van der Waals surface area contributed by atoms with Crippen LogP contribution in [-0.2, 0) is 16.1 Å². The van der Waals surface area contributed by atoms with Crippen molar-refractivity contribution < 1.29 is 14.3 Å². The predicted octanol–water partition coefficient (Wildman–Crippen LogP) is 4.75. The average Bonchev–Trinajstić information content (AvgIpc) is 3.00. The van der Waals surface area contributed by atoms with Crippen LogP contribution in [0.2, 0.25) is 0 Å². The van der Waals surface area contributed by atoms with Crippen molar-refractivity contribution in [3.8, 4) is 0 Å². The number of carbonyl (C=O) groups excluding carboxylic acids is 2. The summed E-state index contributed by atoms with van der Waals surface area (Å²) in [5, 5.41) is 0. The number of thiazole rings is 1. The Labute approximate surface area is 174 Å². The van der Waals surface area contributed by atoms with Gasteiger partial charge >= 0.3 is 5.97 Å². The first-order valence-corrected chi connectivity index (χ1v) is 10.6. The van der Waals surface area contributed by atoms with Gasteiger partial charge in [0.25, 0.3) is 5.91 Å². The summed E-state index contributed by atoms with van der Waals surface area (Å²) in [7, 11) is 0. The van der Waals surface area contributed by atoms with Gasteiger partial charge in [0, 0.05) is 5.56 Å². The van der Waals surface area contributed by atoms with Gasteiger partial charge in [0.05, 0.1) is 16.8 Å². The van der Waals surface area contributed by atoms with E-state index in [1.165, 1.54) is 16.9 Å². The van der Waals surface area contributed by atoms with Crippen LogP contribution in [0.15, 0.2) is 41.4 Å². The third-order valence-electron chi connectivity index (χ3n) is 4.92. The second-order valence-corrected chi connectivity index (χ2v) is 8.38. The quantitative estimate of drug-likeness (QED) is 0.571. The molecule has 0 radical (unpaired) electrons. The van der Waals surface area contributed by atoms with Crippen LogP contribution in [0.3, 0.4) is 0 Å². The number of esters is 1. The Bertz CT molecular complexity index is 1140. The molecule has 0 N–H and O–H groups in total. The molecule has 1 aromatic heterocycles. The Morgan fingerprint density at radius 1 is 1.10 bits per heavy atom. The highest BCUT2D eigenvalue weighted by molar-refractivity contribution is 7.16. The highest BCUT2D eigenvalue weighted by atomic mass is 32.1. The van der Waals surface area contributed by atoms with Crippen molar-refractivity contribution in [2.24, 2.45) is 4.99 Å². The predicted molar refractivity (Wildman–Crippen MR) is 116 cm³/mol. The van der Waals surface area contributed by atoms with Gasteiger partial charge in [-0.15, -0.1) is 0 Å². The minimum Gasteiger partial charge on any atom is -0.465 e. The smallest absolute Gasteiger partial charge is 0.326 e. The van der Waals surface area contributed by atoms with Crippen LogP contribution in [0.25, 0.3) is 10.2 Å². The minimum absolute atomic E-state index is 0.0217. The van der Waals surface area contributed by atoms with Crippen molar-refractivity contribution in [2.45, 2.75) is 47.1 Å². The number of hydrogen-bond donors (Lipinski definition) is 0. The highest BCUT2D eigenvalue weighted by Gasteiger charge is 2.14.